The van der Waals surface area contributed by atoms with Crippen molar-refractivity contribution in [3.8, 4) is 0 Å². The number of halogens is 1. The van der Waals surface area contributed by atoms with Gasteiger partial charge in [-0.2, -0.15) is 0 Å². The molecule has 0 aliphatic heterocycles. The highest BCUT2D eigenvalue weighted by atomic mass is 79.9. The summed E-state index contributed by atoms with van der Waals surface area (Å²) < 4.78 is 1.04. The van der Waals surface area contributed by atoms with Crippen molar-refractivity contribution in [1.82, 2.24) is 10.6 Å². The van der Waals surface area contributed by atoms with Gasteiger partial charge in [-0.3, -0.25) is 9.59 Å². The molecule has 2 rings (SSSR count). The second-order valence-corrected chi connectivity index (χ2v) is 6.44. The highest BCUT2D eigenvalue weighted by Gasteiger charge is 2.29. The lowest BCUT2D eigenvalue weighted by Crippen LogP contribution is -2.37. The second-order valence-electron chi connectivity index (χ2n) is 5.52. The van der Waals surface area contributed by atoms with Crippen molar-refractivity contribution in [1.29, 1.82) is 0 Å². The number of nitrogens with one attached hydrogen (secondary N) is 2. The van der Waals surface area contributed by atoms with Crippen molar-refractivity contribution < 1.29 is 9.59 Å². The number of carbonyl (C=O) groups is 2. The van der Waals surface area contributed by atoms with Gasteiger partial charge in [-0.15, -0.1) is 0 Å². The van der Waals surface area contributed by atoms with Crippen molar-refractivity contribution in [2.24, 2.45) is 5.92 Å². The number of carbonyl (C=O) groups excluding carboxylic acids is 2. The summed E-state index contributed by atoms with van der Waals surface area (Å²) in [5.74, 6) is 0.408. The number of hydrogen-bond donors (Lipinski definition) is 2. The van der Waals surface area contributed by atoms with Crippen LogP contribution in [0.1, 0.15) is 44.2 Å². The van der Waals surface area contributed by atoms with Gasteiger partial charge in [-0.25, -0.2) is 0 Å². The first-order valence-electron chi connectivity index (χ1n) is 7.35. The van der Waals surface area contributed by atoms with Gasteiger partial charge >= 0.3 is 0 Å². The molecule has 0 aromatic heterocycles. The molecule has 0 unspecified atom stereocenters. The van der Waals surface area contributed by atoms with Crippen LogP contribution in [0, 0.1) is 5.92 Å². The third-order valence-corrected chi connectivity index (χ3v) is 4.42. The molecule has 1 aliphatic carbocycles. The SMILES string of the molecule is CC(=O)NCCC(=O)N[C@H](c1ccc(Br)cc1)C1CCC1. The van der Waals surface area contributed by atoms with Gasteiger partial charge < -0.3 is 10.6 Å². The van der Waals surface area contributed by atoms with Crippen molar-refractivity contribution >= 4 is 27.7 Å². The summed E-state index contributed by atoms with van der Waals surface area (Å²) in [5, 5.41) is 5.77. The van der Waals surface area contributed by atoms with Crippen LogP contribution in [-0.4, -0.2) is 18.4 Å². The molecule has 1 aromatic rings. The van der Waals surface area contributed by atoms with Gasteiger partial charge in [0.2, 0.25) is 11.8 Å². The van der Waals surface area contributed by atoms with E-state index in [1.807, 2.05) is 12.1 Å². The summed E-state index contributed by atoms with van der Waals surface area (Å²) in [4.78, 5) is 22.9. The Morgan fingerprint density at radius 1 is 1.29 bits per heavy atom. The minimum atomic E-state index is -0.105. The average Bonchev–Trinajstić information content (AvgIpc) is 2.36. The molecule has 0 spiro atoms. The normalized spacial score (nSPS) is 15.9. The average molecular weight is 353 g/mol. The van der Waals surface area contributed by atoms with Gasteiger partial charge in [-0.1, -0.05) is 34.5 Å². The van der Waals surface area contributed by atoms with E-state index in [1.54, 1.807) is 0 Å². The maximum absolute atomic E-state index is 12.0. The molecule has 1 atom stereocenters. The topological polar surface area (TPSA) is 58.2 Å². The van der Waals surface area contributed by atoms with Crippen LogP contribution in [0.2, 0.25) is 0 Å². The van der Waals surface area contributed by atoms with Crippen LogP contribution < -0.4 is 10.6 Å². The first-order valence-corrected chi connectivity index (χ1v) is 8.15. The molecule has 1 aliphatic rings. The first kappa shape index (κ1) is 16.0. The standard InChI is InChI=1S/C16H21BrN2O2/c1-11(20)18-10-9-15(21)19-16(12-3-2-4-12)13-5-7-14(17)8-6-13/h5-8,12,16H,2-4,9-10H2,1H3,(H,18,20)(H,19,21)/t16-/m0/s1. The number of benzene rings is 1. The van der Waals surface area contributed by atoms with E-state index < -0.39 is 0 Å². The Kier molecular flexibility index (Phi) is 5.79. The van der Waals surface area contributed by atoms with Crippen LogP contribution in [0.25, 0.3) is 0 Å². The Balaban J connectivity index is 1.95. The van der Waals surface area contributed by atoms with E-state index in [4.69, 9.17) is 0 Å². The molecule has 1 saturated carbocycles. The zero-order valence-corrected chi connectivity index (χ0v) is 13.8. The van der Waals surface area contributed by atoms with Crippen molar-refractivity contribution in [2.45, 2.75) is 38.6 Å². The van der Waals surface area contributed by atoms with Gasteiger partial charge in [0.25, 0.3) is 0 Å². The van der Waals surface area contributed by atoms with E-state index in [-0.39, 0.29) is 17.9 Å². The Morgan fingerprint density at radius 2 is 1.95 bits per heavy atom. The summed E-state index contributed by atoms with van der Waals surface area (Å²) in [6, 6.07) is 8.20. The smallest absolute Gasteiger partial charge is 0.222 e. The Morgan fingerprint density at radius 3 is 2.48 bits per heavy atom. The molecule has 0 radical (unpaired) electrons. The fourth-order valence-corrected chi connectivity index (χ4v) is 2.78. The quantitative estimate of drug-likeness (QED) is 0.826. The molecule has 0 saturated heterocycles. The number of hydrogen-bond acceptors (Lipinski definition) is 2. The van der Waals surface area contributed by atoms with Crippen molar-refractivity contribution in [3.63, 3.8) is 0 Å². The third kappa shape index (κ3) is 4.84. The summed E-state index contributed by atoms with van der Waals surface area (Å²) in [5.41, 5.74) is 1.15. The van der Waals surface area contributed by atoms with E-state index in [0.29, 0.717) is 18.9 Å². The van der Waals surface area contributed by atoms with Gasteiger partial charge in [0.05, 0.1) is 6.04 Å². The molecular weight excluding hydrogens is 332 g/mol. The van der Waals surface area contributed by atoms with Crippen LogP contribution >= 0.6 is 15.9 Å². The van der Waals surface area contributed by atoms with E-state index in [1.165, 1.54) is 13.3 Å². The lowest BCUT2D eigenvalue weighted by Gasteiger charge is -2.34. The van der Waals surface area contributed by atoms with Gasteiger partial charge in [0.1, 0.15) is 0 Å². The Bertz CT molecular complexity index is 498. The molecule has 2 N–H and O–H groups in total. The Hall–Kier alpha value is -1.36. The molecular formula is C16H21BrN2O2. The van der Waals surface area contributed by atoms with E-state index in [9.17, 15) is 9.59 Å². The number of amides is 2. The maximum atomic E-state index is 12.0. The van der Waals surface area contributed by atoms with Crippen LogP contribution in [0.3, 0.4) is 0 Å². The number of rotatable bonds is 6. The third-order valence-electron chi connectivity index (χ3n) is 3.89. The van der Waals surface area contributed by atoms with Crippen LogP contribution in [0.4, 0.5) is 0 Å². The molecule has 0 bridgehead atoms. The molecule has 2 amide bonds. The lowest BCUT2D eigenvalue weighted by molar-refractivity contribution is -0.122. The maximum Gasteiger partial charge on any atom is 0.222 e. The Labute approximate surface area is 133 Å². The summed E-state index contributed by atoms with van der Waals surface area (Å²) in [6.07, 6.45) is 3.87. The lowest BCUT2D eigenvalue weighted by atomic mass is 9.77. The molecule has 114 valence electrons. The van der Waals surface area contributed by atoms with Crippen molar-refractivity contribution in [3.05, 3.63) is 34.3 Å². The minimum Gasteiger partial charge on any atom is -0.356 e. The fraction of sp³-hybridized carbons (Fsp3) is 0.500. The minimum absolute atomic E-state index is 0.0106. The monoisotopic (exact) mass is 352 g/mol. The van der Waals surface area contributed by atoms with E-state index in [0.717, 1.165) is 22.9 Å². The van der Waals surface area contributed by atoms with E-state index in [2.05, 4.69) is 38.7 Å². The molecule has 5 heteroatoms. The zero-order chi connectivity index (χ0) is 15.2. The predicted molar refractivity (Wildman–Crippen MR) is 85.7 cm³/mol. The molecule has 21 heavy (non-hydrogen) atoms. The fourth-order valence-electron chi connectivity index (χ4n) is 2.51. The predicted octanol–water partition coefficient (Wildman–Crippen LogP) is 2.93. The summed E-state index contributed by atoms with van der Waals surface area (Å²) in [6.45, 7) is 1.84. The summed E-state index contributed by atoms with van der Waals surface area (Å²) >= 11 is 3.43. The summed E-state index contributed by atoms with van der Waals surface area (Å²) in [7, 11) is 0. The highest BCUT2D eigenvalue weighted by Crippen LogP contribution is 2.38. The largest absolute Gasteiger partial charge is 0.356 e. The van der Waals surface area contributed by atoms with Gasteiger partial charge in [0.15, 0.2) is 0 Å². The van der Waals surface area contributed by atoms with Crippen LogP contribution in [0.5, 0.6) is 0 Å². The highest BCUT2D eigenvalue weighted by molar-refractivity contribution is 9.10. The van der Waals surface area contributed by atoms with E-state index >= 15 is 0 Å². The second kappa shape index (κ2) is 7.59. The molecule has 0 heterocycles. The molecule has 4 nitrogen and oxygen atoms in total. The van der Waals surface area contributed by atoms with Crippen LogP contribution in [-0.2, 0) is 9.59 Å². The molecule has 1 fully saturated rings. The molecule has 1 aromatic carbocycles. The van der Waals surface area contributed by atoms with Gasteiger partial charge in [0, 0.05) is 24.4 Å². The van der Waals surface area contributed by atoms with Crippen molar-refractivity contribution in [2.75, 3.05) is 6.54 Å². The van der Waals surface area contributed by atoms with Gasteiger partial charge in [-0.05, 0) is 36.5 Å². The van der Waals surface area contributed by atoms with Crippen LogP contribution in [0.15, 0.2) is 28.7 Å². The first-order chi connectivity index (χ1) is 10.1. The zero-order valence-electron chi connectivity index (χ0n) is 12.2.